The standard InChI is InChI=1S/C21H24ClN3O2/c1-4-14(2)24-21(26)11-17(16-7-5-6-8-19(16)27-3)18-12-23-20-10-9-15(22)13-25(18)20/h5-10,12-14,17H,4,11H2,1-3H3,(H,24,26)/t14-,17+/m1/s1. The van der Waals surface area contributed by atoms with E-state index in [1.807, 2.05) is 47.9 Å². The third kappa shape index (κ3) is 4.25. The molecule has 0 saturated carbocycles. The summed E-state index contributed by atoms with van der Waals surface area (Å²) in [5, 5.41) is 3.67. The molecule has 0 spiro atoms. The van der Waals surface area contributed by atoms with Gasteiger partial charge in [0.05, 0.1) is 17.8 Å². The van der Waals surface area contributed by atoms with E-state index in [2.05, 4.69) is 17.2 Å². The van der Waals surface area contributed by atoms with Crippen molar-refractivity contribution in [3.63, 3.8) is 0 Å². The Morgan fingerprint density at radius 3 is 2.81 bits per heavy atom. The second kappa shape index (κ2) is 8.44. The molecule has 0 saturated heterocycles. The van der Waals surface area contributed by atoms with Crippen LogP contribution in [-0.4, -0.2) is 28.4 Å². The maximum absolute atomic E-state index is 12.7. The third-order valence-corrected chi connectivity index (χ3v) is 5.00. The molecule has 0 unspecified atom stereocenters. The average Bonchev–Trinajstić information content (AvgIpc) is 3.08. The molecule has 1 N–H and O–H groups in total. The summed E-state index contributed by atoms with van der Waals surface area (Å²) < 4.78 is 7.50. The number of ether oxygens (including phenoxy) is 1. The fourth-order valence-electron chi connectivity index (χ4n) is 3.18. The summed E-state index contributed by atoms with van der Waals surface area (Å²) in [7, 11) is 1.64. The fourth-order valence-corrected chi connectivity index (χ4v) is 3.34. The number of aromatic nitrogens is 2. The number of methoxy groups -OCH3 is 1. The van der Waals surface area contributed by atoms with Gasteiger partial charge < -0.3 is 14.5 Å². The Morgan fingerprint density at radius 2 is 2.07 bits per heavy atom. The van der Waals surface area contributed by atoms with Gasteiger partial charge >= 0.3 is 0 Å². The summed E-state index contributed by atoms with van der Waals surface area (Å²) in [5.41, 5.74) is 2.63. The zero-order chi connectivity index (χ0) is 19.4. The highest BCUT2D eigenvalue weighted by molar-refractivity contribution is 6.30. The van der Waals surface area contributed by atoms with Crippen LogP contribution in [0.2, 0.25) is 5.02 Å². The van der Waals surface area contributed by atoms with Gasteiger partial charge in [-0.25, -0.2) is 4.98 Å². The number of nitrogens with one attached hydrogen (secondary N) is 1. The first-order valence-electron chi connectivity index (χ1n) is 9.08. The average molecular weight is 386 g/mol. The number of benzene rings is 1. The molecular formula is C21H24ClN3O2. The Labute approximate surface area is 164 Å². The smallest absolute Gasteiger partial charge is 0.221 e. The molecular weight excluding hydrogens is 362 g/mol. The molecule has 142 valence electrons. The van der Waals surface area contributed by atoms with E-state index in [0.29, 0.717) is 11.4 Å². The Hall–Kier alpha value is -2.53. The van der Waals surface area contributed by atoms with Gasteiger partial charge in [0.15, 0.2) is 0 Å². The highest BCUT2D eigenvalue weighted by atomic mass is 35.5. The van der Waals surface area contributed by atoms with Gasteiger partial charge in [-0.2, -0.15) is 0 Å². The molecule has 0 radical (unpaired) electrons. The van der Waals surface area contributed by atoms with Crippen LogP contribution in [0.5, 0.6) is 5.75 Å². The van der Waals surface area contributed by atoms with Crippen LogP contribution in [0.3, 0.4) is 0 Å². The molecule has 2 aromatic heterocycles. The van der Waals surface area contributed by atoms with E-state index in [1.165, 1.54) is 0 Å². The number of imidazole rings is 1. The van der Waals surface area contributed by atoms with Gasteiger partial charge in [-0.3, -0.25) is 4.79 Å². The number of para-hydroxylation sites is 1. The number of pyridine rings is 1. The number of fused-ring (bicyclic) bond motifs is 1. The lowest BCUT2D eigenvalue weighted by Gasteiger charge is -2.21. The van der Waals surface area contributed by atoms with E-state index >= 15 is 0 Å². The van der Waals surface area contributed by atoms with Crippen molar-refractivity contribution in [2.75, 3.05) is 7.11 Å². The highest BCUT2D eigenvalue weighted by Crippen LogP contribution is 2.35. The van der Waals surface area contributed by atoms with Crippen molar-refractivity contribution in [2.45, 2.75) is 38.6 Å². The van der Waals surface area contributed by atoms with E-state index in [1.54, 1.807) is 19.4 Å². The fraction of sp³-hybridized carbons (Fsp3) is 0.333. The largest absolute Gasteiger partial charge is 0.496 e. The van der Waals surface area contributed by atoms with Crippen LogP contribution >= 0.6 is 11.6 Å². The Bertz CT molecular complexity index is 938. The Kier molecular flexibility index (Phi) is 6.01. The van der Waals surface area contributed by atoms with Crippen molar-refractivity contribution in [2.24, 2.45) is 0 Å². The summed E-state index contributed by atoms with van der Waals surface area (Å²) in [6, 6.07) is 11.6. The number of rotatable bonds is 7. The van der Waals surface area contributed by atoms with Crippen LogP contribution in [0.1, 0.15) is 43.9 Å². The number of hydrogen-bond donors (Lipinski definition) is 1. The molecule has 6 heteroatoms. The molecule has 2 atom stereocenters. The monoisotopic (exact) mass is 385 g/mol. The molecule has 5 nitrogen and oxygen atoms in total. The van der Waals surface area contributed by atoms with Crippen LogP contribution in [0.4, 0.5) is 0 Å². The number of carbonyl (C=O) groups excluding carboxylic acids is 1. The van der Waals surface area contributed by atoms with Crippen molar-refractivity contribution >= 4 is 23.2 Å². The molecule has 3 rings (SSSR count). The van der Waals surface area contributed by atoms with Crippen LogP contribution in [-0.2, 0) is 4.79 Å². The maximum atomic E-state index is 12.7. The summed E-state index contributed by atoms with van der Waals surface area (Å²) >= 11 is 6.20. The molecule has 27 heavy (non-hydrogen) atoms. The van der Waals surface area contributed by atoms with Crippen molar-refractivity contribution in [1.82, 2.24) is 14.7 Å². The maximum Gasteiger partial charge on any atom is 0.221 e. The Morgan fingerprint density at radius 1 is 1.30 bits per heavy atom. The van der Waals surface area contributed by atoms with E-state index in [0.717, 1.165) is 29.1 Å². The van der Waals surface area contributed by atoms with E-state index in [4.69, 9.17) is 16.3 Å². The molecule has 1 aromatic carbocycles. The highest BCUT2D eigenvalue weighted by Gasteiger charge is 2.25. The van der Waals surface area contributed by atoms with Crippen LogP contribution in [0, 0.1) is 0 Å². The van der Waals surface area contributed by atoms with Gasteiger partial charge in [0.25, 0.3) is 0 Å². The summed E-state index contributed by atoms with van der Waals surface area (Å²) in [6.07, 6.45) is 4.81. The van der Waals surface area contributed by atoms with Crippen LogP contribution < -0.4 is 10.1 Å². The predicted molar refractivity (Wildman–Crippen MR) is 108 cm³/mol. The van der Waals surface area contributed by atoms with Crippen LogP contribution in [0.25, 0.3) is 5.65 Å². The number of nitrogens with zero attached hydrogens (tertiary/aromatic N) is 2. The van der Waals surface area contributed by atoms with Gasteiger partial charge in [0.2, 0.25) is 5.91 Å². The zero-order valence-corrected chi connectivity index (χ0v) is 16.5. The molecule has 0 aliphatic heterocycles. The predicted octanol–water partition coefficient (Wildman–Crippen LogP) is 4.43. The minimum Gasteiger partial charge on any atom is -0.496 e. The van der Waals surface area contributed by atoms with Crippen molar-refractivity contribution in [3.8, 4) is 5.75 Å². The molecule has 3 aromatic rings. The van der Waals surface area contributed by atoms with Gasteiger partial charge in [0.1, 0.15) is 11.4 Å². The summed E-state index contributed by atoms with van der Waals surface area (Å²) in [4.78, 5) is 17.2. The number of halogens is 1. The molecule has 0 aliphatic carbocycles. The quantitative estimate of drug-likeness (QED) is 0.654. The van der Waals surface area contributed by atoms with Gasteiger partial charge in [-0.1, -0.05) is 36.7 Å². The van der Waals surface area contributed by atoms with Crippen molar-refractivity contribution in [3.05, 3.63) is 65.1 Å². The lowest BCUT2D eigenvalue weighted by molar-refractivity contribution is -0.121. The van der Waals surface area contributed by atoms with Gasteiger partial charge in [-0.05, 0) is 31.5 Å². The molecule has 1 amide bonds. The topological polar surface area (TPSA) is 55.6 Å². The Balaban J connectivity index is 2.06. The summed E-state index contributed by atoms with van der Waals surface area (Å²) in [5.74, 6) is 0.534. The van der Waals surface area contributed by atoms with Gasteiger partial charge in [-0.15, -0.1) is 0 Å². The van der Waals surface area contributed by atoms with E-state index in [9.17, 15) is 4.79 Å². The van der Waals surface area contributed by atoms with E-state index in [-0.39, 0.29) is 17.9 Å². The second-order valence-electron chi connectivity index (χ2n) is 6.63. The molecule has 0 fully saturated rings. The molecule has 2 heterocycles. The summed E-state index contributed by atoms with van der Waals surface area (Å²) in [6.45, 7) is 4.05. The number of hydrogen-bond acceptors (Lipinski definition) is 3. The van der Waals surface area contributed by atoms with Gasteiger partial charge in [0, 0.05) is 36.3 Å². The van der Waals surface area contributed by atoms with Crippen molar-refractivity contribution in [1.29, 1.82) is 0 Å². The second-order valence-corrected chi connectivity index (χ2v) is 7.07. The molecule has 0 aliphatic rings. The number of amides is 1. The third-order valence-electron chi connectivity index (χ3n) is 4.78. The van der Waals surface area contributed by atoms with Crippen molar-refractivity contribution < 1.29 is 9.53 Å². The van der Waals surface area contributed by atoms with E-state index < -0.39 is 0 Å². The SMILES string of the molecule is CC[C@@H](C)NC(=O)C[C@@H](c1ccccc1OC)c1cnc2ccc(Cl)cn12. The normalized spacial score (nSPS) is 13.3. The lowest BCUT2D eigenvalue weighted by atomic mass is 9.91. The number of carbonyl (C=O) groups is 1. The first-order valence-corrected chi connectivity index (χ1v) is 9.46. The zero-order valence-electron chi connectivity index (χ0n) is 15.8. The minimum atomic E-state index is -0.210. The molecule has 0 bridgehead atoms. The minimum absolute atomic E-state index is 0.00256. The first-order chi connectivity index (χ1) is 13.0. The van der Waals surface area contributed by atoms with Crippen LogP contribution in [0.15, 0.2) is 48.8 Å². The first kappa shape index (κ1) is 19.2. The lowest BCUT2D eigenvalue weighted by Crippen LogP contribution is -2.33.